The maximum atomic E-state index is 10.4. The van der Waals surface area contributed by atoms with Gasteiger partial charge in [0.1, 0.15) is 12.2 Å². The molecule has 0 aromatic carbocycles. The Labute approximate surface area is 69.9 Å². The van der Waals surface area contributed by atoms with Gasteiger partial charge in [0.15, 0.2) is 0 Å². The van der Waals surface area contributed by atoms with Crippen LogP contribution in [0, 0.1) is 0 Å². The molecule has 11 heavy (non-hydrogen) atoms. The third kappa shape index (κ3) is 3.01. The van der Waals surface area contributed by atoms with Gasteiger partial charge in [0.05, 0.1) is 6.42 Å². The molecule has 1 aliphatic heterocycles. The minimum Gasteiger partial charge on any atom is -0.281 e. The Morgan fingerprint density at radius 1 is 1.55 bits per heavy atom. The number of hydrogen-bond acceptors (Lipinski definition) is 3. The van der Waals surface area contributed by atoms with Crippen LogP contribution in [0.3, 0.4) is 0 Å². The summed E-state index contributed by atoms with van der Waals surface area (Å²) in [5.74, 6) is 0. The van der Waals surface area contributed by atoms with E-state index in [1.165, 1.54) is 0 Å². The smallest absolute Gasteiger partial charge is 0.224 e. The lowest BCUT2D eigenvalue weighted by atomic mass is 10.2. The largest absolute Gasteiger partial charge is 0.281 e. The molecular formula is C7H9ClO3. The monoisotopic (exact) mass is 176 g/mol. The molecule has 0 amide bonds. The van der Waals surface area contributed by atoms with Crippen LogP contribution in [0.25, 0.3) is 0 Å². The predicted molar refractivity (Wildman–Crippen MR) is 40.0 cm³/mol. The zero-order valence-electron chi connectivity index (χ0n) is 6.12. The summed E-state index contributed by atoms with van der Waals surface area (Å²) >= 11 is 5.14. The molecule has 0 aliphatic carbocycles. The van der Waals surface area contributed by atoms with Crippen molar-refractivity contribution in [1.29, 1.82) is 0 Å². The van der Waals surface area contributed by atoms with Crippen LogP contribution < -0.4 is 0 Å². The summed E-state index contributed by atoms with van der Waals surface area (Å²) in [6, 6.07) is 0. The number of carbonyl (C=O) groups excluding carboxylic acids is 1. The first-order chi connectivity index (χ1) is 5.18. The summed E-state index contributed by atoms with van der Waals surface area (Å²) in [5, 5.41) is -0.419. The van der Waals surface area contributed by atoms with Gasteiger partial charge < -0.3 is 0 Å². The van der Waals surface area contributed by atoms with E-state index >= 15 is 0 Å². The summed E-state index contributed by atoms with van der Waals surface area (Å²) in [7, 11) is 0. The van der Waals surface area contributed by atoms with E-state index in [0.717, 1.165) is 0 Å². The van der Waals surface area contributed by atoms with E-state index in [0.29, 0.717) is 0 Å². The van der Waals surface area contributed by atoms with Gasteiger partial charge in [-0.25, -0.2) is 9.78 Å². The van der Waals surface area contributed by atoms with Crippen molar-refractivity contribution in [3.63, 3.8) is 0 Å². The SMILES string of the molecule is CC1C=CC(CC(=O)Cl)OO1. The van der Waals surface area contributed by atoms with Crippen LogP contribution in [0.4, 0.5) is 0 Å². The maximum Gasteiger partial charge on any atom is 0.224 e. The summed E-state index contributed by atoms with van der Waals surface area (Å²) in [6.45, 7) is 1.84. The molecule has 0 saturated carbocycles. The first-order valence-electron chi connectivity index (χ1n) is 3.37. The quantitative estimate of drug-likeness (QED) is 0.363. The Morgan fingerprint density at radius 3 is 2.73 bits per heavy atom. The molecule has 1 heterocycles. The van der Waals surface area contributed by atoms with E-state index in [-0.39, 0.29) is 18.6 Å². The molecule has 0 spiro atoms. The lowest BCUT2D eigenvalue weighted by Crippen LogP contribution is -2.21. The summed E-state index contributed by atoms with van der Waals surface area (Å²) in [6.07, 6.45) is 3.39. The highest BCUT2D eigenvalue weighted by molar-refractivity contribution is 6.63. The minimum absolute atomic E-state index is 0.0447. The summed E-state index contributed by atoms with van der Waals surface area (Å²) < 4.78 is 0. The fraction of sp³-hybridized carbons (Fsp3) is 0.571. The van der Waals surface area contributed by atoms with Gasteiger partial charge in [0.25, 0.3) is 0 Å². The van der Waals surface area contributed by atoms with E-state index in [9.17, 15) is 4.79 Å². The van der Waals surface area contributed by atoms with E-state index < -0.39 is 5.24 Å². The van der Waals surface area contributed by atoms with Gasteiger partial charge in [-0.1, -0.05) is 12.2 Å². The zero-order valence-corrected chi connectivity index (χ0v) is 6.88. The van der Waals surface area contributed by atoms with Crippen LogP contribution in [0.2, 0.25) is 0 Å². The van der Waals surface area contributed by atoms with Gasteiger partial charge in [0.2, 0.25) is 5.24 Å². The number of hydrogen-bond donors (Lipinski definition) is 0. The second-order valence-electron chi connectivity index (χ2n) is 2.38. The molecule has 0 N–H and O–H groups in total. The van der Waals surface area contributed by atoms with E-state index in [4.69, 9.17) is 21.4 Å². The third-order valence-electron chi connectivity index (χ3n) is 1.29. The average Bonchev–Trinajstić information content (AvgIpc) is 1.93. The highest BCUT2D eigenvalue weighted by Crippen LogP contribution is 2.12. The zero-order chi connectivity index (χ0) is 8.27. The first kappa shape index (κ1) is 8.71. The fourth-order valence-corrected chi connectivity index (χ4v) is 0.916. The van der Waals surface area contributed by atoms with Crippen molar-refractivity contribution in [3.05, 3.63) is 12.2 Å². The van der Waals surface area contributed by atoms with Gasteiger partial charge in [-0.15, -0.1) is 0 Å². The van der Waals surface area contributed by atoms with E-state index in [1.807, 2.05) is 13.0 Å². The number of carbonyl (C=O) groups is 1. The number of rotatable bonds is 2. The molecule has 1 rings (SSSR count). The summed E-state index contributed by atoms with van der Waals surface area (Å²) in [4.78, 5) is 20.0. The first-order valence-corrected chi connectivity index (χ1v) is 3.75. The van der Waals surface area contributed by atoms with Crippen LogP contribution in [0.1, 0.15) is 13.3 Å². The molecule has 2 atom stereocenters. The van der Waals surface area contributed by atoms with Crippen LogP contribution in [-0.4, -0.2) is 17.5 Å². The molecule has 2 unspecified atom stereocenters. The van der Waals surface area contributed by atoms with Crippen LogP contribution in [-0.2, 0) is 14.6 Å². The van der Waals surface area contributed by atoms with Gasteiger partial charge in [-0.2, -0.15) is 0 Å². The standard InChI is InChI=1S/C7H9ClO3/c1-5-2-3-6(11-10-5)4-7(8)9/h2-3,5-6H,4H2,1H3. The molecule has 0 aromatic heterocycles. The lowest BCUT2D eigenvalue weighted by Gasteiger charge is -2.18. The molecular weight excluding hydrogens is 168 g/mol. The Kier molecular flexibility index (Phi) is 3.05. The van der Waals surface area contributed by atoms with Gasteiger partial charge in [-0.05, 0) is 18.5 Å². The van der Waals surface area contributed by atoms with Crippen molar-refractivity contribution < 1.29 is 14.6 Å². The normalized spacial score (nSPS) is 30.4. The van der Waals surface area contributed by atoms with Gasteiger partial charge in [-0.3, -0.25) is 4.79 Å². The molecule has 0 saturated heterocycles. The average molecular weight is 177 g/mol. The van der Waals surface area contributed by atoms with Crippen LogP contribution >= 0.6 is 11.6 Å². The molecule has 1 aliphatic rings. The Morgan fingerprint density at radius 2 is 2.27 bits per heavy atom. The molecule has 0 bridgehead atoms. The minimum atomic E-state index is -0.419. The van der Waals surface area contributed by atoms with E-state index in [1.54, 1.807) is 6.08 Å². The van der Waals surface area contributed by atoms with Crippen LogP contribution in [0.5, 0.6) is 0 Å². The Hall–Kier alpha value is -0.380. The molecule has 0 aromatic rings. The van der Waals surface area contributed by atoms with Crippen molar-refractivity contribution in [3.8, 4) is 0 Å². The predicted octanol–water partition coefficient (Wildman–Crippen LogP) is 1.42. The van der Waals surface area contributed by atoms with Crippen molar-refractivity contribution in [2.75, 3.05) is 0 Å². The molecule has 3 nitrogen and oxygen atoms in total. The molecule has 4 heteroatoms. The van der Waals surface area contributed by atoms with Gasteiger partial charge in [0, 0.05) is 0 Å². The molecule has 62 valence electrons. The molecule has 0 radical (unpaired) electrons. The highest BCUT2D eigenvalue weighted by atomic mass is 35.5. The fourth-order valence-electron chi connectivity index (χ4n) is 0.764. The third-order valence-corrected chi connectivity index (χ3v) is 1.44. The van der Waals surface area contributed by atoms with Gasteiger partial charge >= 0.3 is 0 Å². The van der Waals surface area contributed by atoms with Crippen molar-refractivity contribution in [1.82, 2.24) is 0 Å². The topological polar surface area (TPSA) is 35.5 Å². The number of halogens is 1. The van der Waals surface area contributed by atoms with Crippen molar-refractivity contribution in [2.45, 2.75) is 25.6 Å². The van der Waals surface area contributed by atoms with Crippen molar-refractivity contribution in [2.24, 2.45) is 0 Å². The second-order valence-corrected chi connectivity index (χ2v) is 2.80. The highest BCUT2D eigenvalue weighted by Gasteiger charge is 2.16. The van der Waals surface area contributed by atoms with E-state index in [2.05, 4.69) is 0 Å². The molecule has 0 fully saturated rings. The lowest BCUT2D eigenvalue weighted by molar-refractivity contribution is -0.335. The maximum absolute atomic E-state index is 10.4. The summed E-state index contributed by atoms with van der Waals surface area (Å²) in [5.41, 5.74) is 0. The van der Waals surface area contributed by atoms with Crippen molar-refractivity contribution >= 4 is 16.8 Å². The Balaban J connectivity index is 2.38. The second kappa shape index (κ2) is 3.85. The van der Waals surface area contributed by atoms with Crippen LogP contribution in [0.15, 0.2) is 12.2 Å². The Bertz CT molecular complexity index is 179.